The van der Waals surface area contributed by atoms with Gasteiger partial charge < -0.3 is 0 Å². The molecule has 3 aromatic carbocycles. The molecule has 0 aliphatic rings. The highest BCUT2D eigenvalue weighted by atomic mass is 79.9. The van der Waals surface area contributed by atoms with Crippen LogP contribution < -0.4 is 0 Å². The van der Waals surface area contributed by atoms with Gasteiger partial charge in [-0.05, 0) is 23.1 Å². The fourth-order valence-electron chi connectivity index (χ4n) is 3.80. The molecule has 0 aliphatic heterocycles. The van der Waals surface area contributed by atoms with Gasteiger partial charge in [0, 0.05) is 24.3 Å². The second-order valence-electron chi connectivity index (χ2n) is 7.35. The third-order valence-electron chi connectivity index (χ3n) is 5.34. The third kappa shape index (κ3) is 5.51. The van der Waals surface area contributed by atoms with Crippen LogP contribution in [0, 0.1) is 0 Å². The first-order valence-corrected chi connectivity index (χ1v) is 11.6. The zero-order chi connectivity index (χ0) is 22.3. The van der Waals surface area contributed by atoms with E-state index in [0.29, 0.717) is 11.8 Å². The van der Waals surface area contributed by atoms with Crippen molar-refractivity contribution < 1.29 is 13.2 Å². The van der Waals surface area contributed by atoms with Crippen molar-refractivity contribution in [2.24, 2.45) is 0 Å². The predicted molar refractivity (Wildman–Crippen MR) is 125 cm³/mol. The largest absolute Gasteiger partial charge is 0.425 e. The molecule has 1 unspecified atom stereocenters. The average molecular weight is 511 g/mol. The number of rotatable bonds is 9. The maximum atomic E-state index is 14.5. The van der Waals surface area contributed by atoms with Gasteiger partial charge in [0.1, 0.15) is 0 Å². The van der Waals surface area contributed by atoms with Crippen LogP contribution in [-0.2, 0) is 5.00 Å². The summed E-state index contributed by atoms with van der Waals surface area (Å²) in [6, 6.07) is 27.0. The molecule has 6 heteroatoms. The van der Waals surface area contributed by atoms with Gasteiger partial charge in [-0.2, -0.15) is 13.2 Å². The van der Waals surface area contributed by atoms with E-state index in [4.69, 9.17) is 11.6 Å². The fraction of sp³-hybridized carbons (Fsp3) is 0.280. The Labute approximate surface area is 195 Å². The van der Waals surface area contributed by atoms with Gasteiger partial charge in [-0.1, -0.05) is 119 Å². The highest BCUT2D eigenvalue weighted by Crippen LogP contribution is 2.48. The summed E-state index contributed by atoms with van der Waals surface area (Å²) in [6.07, 6.45) is -4.13. The summed E-state index contributed by atoms with van der Waals surface area (Å²) in [5.74, 6) is -0.262. The number of benzene rings is 3. The van der Waals surface area contributed by atoms with E-state index in [1.165, 1.54) is 17.0 Å². The standard InChI is InChI=1S/C25H24BrClF3N/c26-17-10-18-31(24(27,25(28,29)30)22-15-8-3-9-16-22)19-23(20-11-4-1-5-12-20)21-13-6-2-7-14-21/h1-9,11-16,23H,10,17-19H2. The highest BCUT2D eigenvalue weighted by molar-refractivity contribution is 9.09. The molecule has 0 radical (unpaired) electrons. The summed E-state index contributed by atoms with van der Waals surface area (Å²) in [5, 5.41) is 0.588. The fourth-order valence-corrected chi connectivity index (χ4v) is 4.33. The lowest BCUT2D eigenvalue weighted by Crippen LogP contribution is -2.54. The van der Waals surface area contributed by atoms with Crippen molar-refractivity contribution in [1.29, 1.82) is 0 Å². The molecule has 164 valence electrons. The van der Waals surface area contributed by atoms with Gasteiger partial charge in [-0.25, -0.2) is 0 Å². The molecule has 3 rings (SSSR count). The van der Waals surface area contributed by atoms with Crippen molar-refractivity contribution in [3.8, 4) is 0 Å². The van der Waals surface area contributed by atoms with E-state index < -0.39 is 11.2 Å². The van der Waals surface area contributed by atoms with Gasteiger partial charge >= 0.3 is 6.18 Å². The minimum Gasteiger partial charge on any atom is -0.273 e. The molecule has 0 bridgehead atoms. The molecule has 0 saturated carbocycles. The van der Waals surface area contributed by atoms with E-state index in [-0.39, 0.29) is 24.6 Å². The Morgan fingerprint density at radius 3 is 1.65 bits per heavy atom. The Balaban J connectivity index is 2.09. The van der Waals surface area contributed by atoms with Gasteiger partial charge in [0.2, 0.25) is 5.00 Å². The number of nitrogens with zero attached hydrogens (tertiary/aromatic N) is 1. The third-order valence-corrected chi connectivity index (χ3v) is 6.57. The number of hydrogen-bond donors (Lipinski definition) is 0. The smallest absolute Gasteiger partial charge is 0.273 e. The summed E-state index contributed by atoms with van der Waals surface area (Å²) in [5.41, 5.74) is 1.93. The molecule has 0 saturated heterocycles. The summed E-state index contributed by atoms with van der Waals surface area (Å²) in [7, 11) is 0. The van der Waals surface area contributed by atoms with Gasteiger partial charge in [0.25, 0.3) is 0 Å². The van der Waals surface area contributed by atoms with E-state index >= 15 is 0 Å². The monoisotopic (exact) mass is 509 g/mol. The lowest BCUT2D eigenvalue weighted by Gasteiger charge is -2.42. The molecule has 0 aliphatic carbocycles. The summed E-state index contributed by atoms with van der Waals surface area (Å²) < 4.78 is 43.6. The van der Waals surface area contributed by atoms with Crippen LogP contribution in [0.2, 0.25) is 0 Å². The van der Waals surface area contributed by atoms with Crippen LogP contribution in [0.1, 0.15) is 29.0 Å². The maximum Gasteiger partial charge on any atom is 0.425 e. The van der Waals surface area contributed by atoms with Crippen molar-refractivity contribution in [2.45, 2.75) is 23.5 Å². The van der Waals surface area contributed by atoms with E-state index in [1.807, 2.05) is 60.7 Å². The molecule has 1 atom stereocenters. The van der Waals surface area contributed by atoms with Crippen molar-refractivity contribution in [1.82, 2.24) is 4.90 Å². The predicted octanol–water partition coefficient (Wildman–Crippen LogP) is 7.56. The van der Waals surface area contributed by atoms with Gasteiger partial charge in [-0.15, -0.1) is 0 Å². The van der Waals surface area contributed by atoms with Crippen LogP contribution in [0.3, 0.4) is 0 Å². The average Bonchev–Trinajstić information content (AvgIpc) is 2.80. The summed E-state index contributed by atoms with van der Waals surface area (Å²) in [6.45, 7) is 0.318. The van der Waals surface area contributed by atoms with E-state index in [9.17, 15) is 13.2 Å². The van der Waals surface area contributed by atoms with E-state index in [0.717, 1.165) is 11.1 Å². The highest BCUT2D eigenvalue weighted by Gasteiger charge is 2.58. The van der Waals surface area contributed by atoms with Crippen LogP contribution in [0.25, 0.3) is 0 Å². The molecule has 0 heterocycles. The number of halogens is 5. The molecule has 0 amide bonds. The Kier molecular flexibility index (Phi) is 8.20. The van der Waals surface area contributed by atoms with Crippen molar-refractivity contribution >= 4 is 27.5 Å². The molecule has 31 heavy (non-hydrogen) atoms. The normalized spacial score (nSPS) is 14.0. The second-order valence-corrected chi connectivity index (χ2v) is 8.69. The van der Waals surface area contributed by atoms with Crippen LogP contribution in [0.5, 0.6) is 0 Å². The second kappa shape index (κ2) is 10.7. The summed E-state index contributed by atoms with van der Waals surface area (Å²) >= 11 is 9.90. The van der Waals surface area contributed by atoms with E-state index in [1.54, 1.807) is 18.2 Å². The topological polar surface area (TPSA) is 3.24 Å². The van der Waals surface area contributed by atoms with Crippen molar-refractivity contribution in [2.75, 3.05) is 18.4 Å². The van der Waals surface area contributed by atoms with Crippen molar-refractivity contribution in [3.63, 3.8) is 0 Å². The van der Waals surface area contributed by atoms with Crippen LogP contribution in [0.4, 0.5) is 13.2 Å². The van der Waals surface area contributed by atoms with Gasteiger partial charge in [0.05, 0.1) is 0 Å². The van der Waals surface area contributed by atoms with Crippen LogP contribution in [0.15, 0.2) is 91.0 Å². The summed E-state index contributed by atoms with van der Waals surface area (Å²) in [4.78, 5) is -1.26. The zero-order valence-corrected chi connectivity index (χ0v) is 19.2. The zero-order valence-electron chi connectivity index (χ0n) is 16.9. The first-order chi connectivity index (χ1) is 14.9. The number of hydrogen-bond acceptors (Lipinski definition) is 1. The molecule has 1 nitrogen and oxygen atoms in total. The lowest BCUT2D eigenvalue weighted by molar-refractivity contribution is -0.206. The SMILES string of the molecule is FC(F)(F)C(Cl)(c1ccccc1)N(CCCBr)CC(c1ccccc1)c1ccccc1. The molecule has 0 fully saturated rings. The Morgan fingerprint density at radius 2 is 1.23 bits per heavy atom. The lowest BCUT2D eigenvalue weighted by atomic mass is 9.89. The molecule has 0 aromatic heterocycles. The van der Waals surface area contributed by atoms with Gasteiger partial charge in [0.15, 0.2) is 0 Å². The molecule has 0 N–H and O–H groups in total. The molecular formula is C25H24BrClF3N. The minimum absolute atomic E-state index is 0.0265. The molecular weight excluding hydrogens is 487 g/mol. The molecule has 0 spiro atoms. The number of alkyl halides is 5. The van der Waals surface area contributed by atoms with Crippen LogP contribution >= 0.6 is 27.5 Å². The van der Waals surface area contributed by atoms with Crippen molar-refractivity contribution in [3.05, 3.63) is 108 Å². The Morgan fingerprint density at radius 1 is 0.774 bits per heavy atom. The van der Waals surface area contributed by atoms with E-state index in [2.05, 4.69) is 15.9 Å². The maximum absolute atomic E-state index is 14.5. The Bertz CT molecular complexity index is 882. The van der Waals surface area contributed by atoms with Crippen LogP contribution in [-0.4, -0.2) is 29.5 Å². The van der Waals surface area contributed by atoms with Gasteiger partial charge in [-0.3, -0.25) is 4.90 Å². The minimum atomic E-state index is -4.67. The Hall–Kier alpha value is -1.82. The first-order valence-electron chi connectivity index (χ1n) is 10.1. The quantitative estimate of drug-likeness (QED) is 0.212. The first kappa shape index (κ1) is 23.8. The molecule has 3 aromatic rings.